The summed E-state index contributed by atoms with van der Waals surface area (Å²) in [4.78, 5) is 0. The average Bonchev–Trinajstić information content (AvgIpc) is 2.52. The van der Waals surface area contributed by atoms with Crippen molar-refractivity contribution in [3.05, 3.63) is 42.0 Å². The highest BCUT2D eigenvalue weighted by molar-refractivity contribution is 5.57. The van der Waals surface area contributed by atoms with E-state index < -0.39 is 0 Å². The number of hydrogen-bond donors (Lipinski definition) is 1. The Kier molecular flexibility index (Phi) is 19.2. The van der Waals surface area contributed by atoms with Gasteiger partial charge in [0.05, 0.1) is 11.3 Å². The van der Waals surface area contributed by atoms with E-state index in [1.165, 1.54) is 5.57 Å². The van der Waals surface area contributed by atoms with E-state index >= 15 is 0 Å². The van der Waals surface area contributed by atoms with Crippen LogP contribution in [0.4, 0.5) is 5.69 Å². The number of nitriles is 1. The molecule has 0 unspecified atom stereocenters. The molecule has 0 saturated carbocycles. The lowest BCUT2D eigenvalue weighted by Crippen LogP contribution is -2.17. The average molecular weight is 347 g/mol. The van der Waals surface area contributed by atoms with Gasteiger partial charge in [-0.25, -0.2) is 0 Å². The highest BCUT2D eigenvalue weighted by Crippen LogP contribution is 2.16. The van der Waals surface area contributed by atoms with E-state index in [0.29, 0.717) is 11.5 Å². The van der Waals surface area contributed by atoms with E-state index in [-0.39, 0.29) is 0 Å². The van der Waals surface area contributed by atoms with Crippen molar-refractivity contribution in [1.82, 2.24) is 0 Å². The van der Waals surface area contributed by atoms with Crippen molar-refractivity contribution in [3.63, 3.8) is 0 Å². The molecule has 0 spiro atoms. The molecule has 2 heteroatoms. The Morgan fingerprint density at radius 2 is 1.44 bits per heavy atom. The zero-order chi connectivity index (χ0) is 20.5. The number of nitrogens with zero attached hydrogens (tertiary/aromatic N) is 1. The third-order valence-electron chi connectivity index (χ3n) is 2.39. The van der Waals surface area contributed by atoms with Crippen LogP contribution in [0.5, 0.6) is 0 Å². The van der Waals surface area contributed by atoms with Crippen LogP contribution in [0.1, 0.15) is 87.6 Å². The van der Waals surface area contributed by atoms with Crippen molar-refractivity contribution < 1.29 is 0 Å². The first-order chi connectivity index (χ1) is 11.5. The van der Waals surface area contributed by atoms with Crippen LogP contribution in [0, 0.1) is 16.7 Å². The molecule has 0 aliphatic rings. The summed E-state index contributed by atoms with van der Waals surface area (Å²) in [7, 11) is 0. The normalized spacial score (nSPS) is 9.20. The second-order valence-corrected chi connectivity index (χ2v) is 7.52. The maximum atomic E-state index is 8.89. The molecule has 144 valence electrons. The second kappa shape index (κ2) is 17.1. The number of benzene rings is 1. The van der Waals surface area contributed by atoms with Gasteiger partial charge < -0.3 is 5.32 Å². The van der Waals surface area contributed by atoms with Crippen molar-refractivity contribution in [2.24, 2.45) is 5.41 Å². The summed E-state index contributed by atoms with van der Waals surface area (Å²) in [5.74, 6) is 0. The van der Waals surface area contributed by atoms with Crippen molar-refractivity contribution in [2.45, 2.75) is 88.1 Å². The molecule has 0 fully saturated rings. The molecular formula is C23H42N2. The molecule has 0 radical (unpaired) electrons. The molecule has 0 heterocycles. The summed E-state index contributed by atoms with van der Waals surface area (Å²) >= 11 is 0. The van der Waals surface area contributed by atoms with Gasteiger partial charge in [0.1, 0.15) is 6.07 Å². The SMILES string of the molecule is C=C(C)C.CC.CC(C)(C)C.CCC(CC)Nc1ccccc1C#N. The van der Waals surface area contributed by atoms with E-state index in [1.54, 1.807) is 0 Å². The van der Waals surface area contributed by atoms with Crippen molar-refractivity contribution >= 4 is 5.69 Å². The largest absolute Gasteiger partial charge is 0.381 e. The number of hydrogen-bond acceptors (Lipinski definition) is 2. The molecule has 0 aliphatic carbocycles. The van der Waals surface area contributed by atoms with Crippen LogP contribution in [-0.4, -0.2) is 6.04 Å². The van der Waals surface area contributed by atoms with Crippen LogP contribution in [0.15, 0.2) is 36.4 Å². The summed E-state index contributed by atoms with van der Waals surface area (Å²) in [6, 6.07) is 10.3. The number of rotatable bonds is 4. The van der Waals surface area contributed by atoms with Gasteiger partial charge in [0.2, 0.25) is 0 Å². The van der Waals surface area contributed by atoms with Gasteiger partial charge in [0.25, 0.3) is 0 Å². The summed E-state index contributed by atoms with van der Waals surface area (Å²) in [6.07, 6.45) is 2.16. The molecule has 0 atom stereocenters. The first-order valence-corrected chi connectivity index (χ1v) is 9.42. The zero-order valence-corrected chi connectivity index (χ0v) is 18.5. The fourth-order valence-electron chi connectivity index (χ4n) is 1.42. The minimum atomic E-state index is 0.462. The monoisotopic (exact) mass is 346 g/mol. The molecular weight excluding hydrogens is 304 g/mol. The molecule has 1 aromatic carbocycles. The molecule has 0 aromatic heterocycles. The van der Waals surface area contributed by atoms with Gasteiger partial charge >= 0.3 is 0 Å². The van der Waals surface area contributed by atoms with Crippen LogP contribution in [-0.2, 0) is 0 Å². The van der Waals surface area contributed by atoms with Gasteiger partial charge in [-0.05, 0) is 44.2 Å². The first-order valence-electron chi connectivity index (χ1n) is 9.42. The Morgan fingerprint density at radius 1 is 1.08 bits per heavy atom. The van der Waals surface area contributed by atoms with Gasteiger partial charge in [0.15, 0.2) is 0 Å². The Balaban J connectivity index is -0.000000365. The summed E-state index contributed by atoms with van der Waals surface area (Å²) < 4.78 is 0. The minimum Gasteiger partial charge on any atom is -0.381 e. The molecule has 1 rings (SSSR count). The van der Waals surface area contributed by atoms with Crippen LogP contribution in [0.25, 0.3) is 0 Å². The summed E-state index contributed by atoms with van der Waals surface area (Å²) in [5, 5.41) is 12.3. The fourth-order valence-corrected chi connectivity index (χ4v) is 1.42. The molecule has 0 bridgehead atoms. The lowest BCUT2D eigenvalue weighted by Gasteiger charge is -2.16. The fraction of sp³-hybridized carbons (Fsp3) is 0.609. The Morgan fingerprint density at radius 3 is 1.76 bits per heavy atom. The molecule has 0 aliphatic heterocycles. The van der Waals surface area contributed by atoms with Crippen molar-refractivity contribution in [1.29, 1.82) is 5.26 Å². The van der Waals surface area contributed by atoms with Crippen molar-refractivity contribution in [3.8, 4) is 6.07 Å². The van der Waals surface area contributed by atoms with E-state index in [4.69, 9.17) is 5.26 Å². The van der Waals surface area contributed by atoms with Gasteiger partial charge in [-0.15, -0.1) is 6.58 Å². The number of nitrogens with one attached hydrogen (secondary N) is 1. The maximum Gasteiger partial charge on any atom is 0.101 e. The minimum absolute atomic E-state index is 0.462. The van der Waals surface area contributed by atoms with Crippen LogP contribution in [0.3, 0.4) is 0 Å². The Hall–Kier alpha value is -1.75. The summed E-state index contributed by atoms with van der Waals surface area (Å²) in [5.41, 5.74) is 3.34. The highest BCUT2D eigenvalue weighted by Gasteiger charge is 2.05. The molecule has 25 heavy (non-hydrogen) atoms. The second-order valence-electron chi connectivity index (χ2n) is 7.52. The van der Waals surface area contributed by atoms with Gasteiger partial charge in [-0.1, -0.05) is 73.1 Å². The Labute approximate surface area is 158 Å². The number of anilines is 1. The third kappa shape index (κ3) is 24.6. The zero-order valence-electron chi connectivity index (χ0n) is 18.5. The quantitative estimate of drug-likeness (QED) is 0.564. The number of para-hydroxylation sites is 1. The lowest BCUT2D eigenvalue weighted by atomic mass is 10.0. The maximum absolute atomic E-state index is 8.89. The van der Waals surface area contributed by atoms with E-state index in [9.17, 15) is 0 Å². The Bertz CT molecular complexity index is 462. The summed E-state index contributed by atoms with van der Waals surface area (Å²) in [6.45, 7) is 24.5. The third-order valence-corrected chi connectivity index (χ3v) is 2.39. The van der Waals surface area contributed by atoms with Crippen LogP contribution >= 0.6 is 0 Å². The van der Waals surface area contributed by atoms with E-state index in [0.717, 1.165) is 24.1 Å². The van der Waals surface area contributed by atoms with Gasteiger partial charge in [-0.3, -0.25) is 0 Å². The van der Waals surface area contributed by atoms with Crippen LogP contribution in [0.2, 0.25) is 0 Å². The van der Waals surface area contributed by atoms with E-state index in [2.05, 4.69) is 59.5 Å². The van der Waals surface area contributed by atoms with Crippen molar-refractivity contribution in [2.75, 3.05) is 5.32 Å². The molecule has 2 nitrogen and oxygen atoms in total. The predicted octanol–water partition coefficient (Wildman–Crippen LogP) is 7.82. The lowest BCUT2D eigenvalue weighted by molar-refractivity contribution is 0.469. The van der Waals surface area contributed by atoms with Crippen LogP contribution < -0.4 is 5.32 Å². The highest BCUT2D eigenvalue weighted by atomic mass is 14.9. The molecule has 0 saturated heterocycles. The van der Waals surface area contributed by atoms with Gasteiger partial charge in [-0.2, -0.15) is 5.26 Å². The smallest absolute Gasteiger partial charge is 0.101 e. The molecule has 1 N–H and O–H groups in total. The van der Waals surface area contributed by atoms with Gasteiger partial charge in [0, 0.05) is 6.04 Å². The molecule has 0 amide bonds. The predicted molar refractivity (Wildman–Crippen MR) is 116 cm³/mol. The van der Waals surface area contributed by atoms with E-state index in [1.807, 2.05) is 52.0 Å². The first kappa shape index (κ1) is 28.1. The molecule has 1 aromatic rings. The number of allylic oxidation sites excluding steroid dienone is 1. The standard InChI is InChI=1S/C12H16N2.C5H12.C4H8.C2H6/c1-3-11(4-2)14-12-8-6-5-7-10(12)9-13;1-5(2,3)4;1-4(2)3;1-2/h5-8,11,14H,3-4H2,1-2H3;1-4H3;1H2,2-3H3;1-2H3. The topological polar surface area (TPSA) is 35.8 Å².